The topological polar surface area (TPSA) is 76.2 Å². The van der Waals surface area contributed by atoms with E-state index in [1.165, 1.54) is 24.1 Å². The molecule has 0 radical (unpaired) electrons. The largest absolute Gasteiger partial charge is 0.493 e. The van der Waals surface area contributed by atoms with E-state index in [9.17, 15) is 30.8 Å². The molecule has 1 saturated heterocycles. The summed E-state index contributed by atoms with van der Waals surface area (Å²) in [4.78, 5) is 13.3. The van der Waals surface area contributed by atoms with Crippen LogP contribution in [0.5, 0.6) is 11.5 Å². The van der Waals surface area contributed by atoms with E-state index in [2.05, 4.69) is 4.74 Å². The van der Waals surface area contributed by atoms with E-state index in [-0.39, 0.29) is 43.2 Å². The average molecular weight is 462 g/mol. The van der Waals surface area contributed by atoms with Gasteiger partial charge in [0.2, 0.25) is 10.0 Å². The normalized spacial score (nSPS) is 15.2. The van der Waals surface area contributed by atoms with Crippen molar-refractivity contribution in [3.63, 3.8) is 0 Å². The second kappa shape index (κ2) is 9.10. The van der Waals surface area contributed by atoms with Gasteiger partial charge in [0.15, 0.2) is 11.5 Å². The van der Waals surface area contributed by atoms with Crippen LogP contribution in [-0.4, -0.2) is 63.4 Å². The highest BCUT2D eigenvalue weighted by molar-refractivity contribution is 7.89. The van der Waals surface area contributed by atoms with Gasteiger partial charge in [-0.05, 0) is 36.4 Å². The summed E-state index contributed by atoms with van der Waals surface area (Å²) in [5.41, 5.74) is 0.0453. The van der Waals surface area contributed by atoms with Crippen molar-refractivity contribution in [1.82, 2.24) is 9.21 Å². The Hall–Kier alpha value is -2.86. The highest BCUT2D eigenvalue weighted by Crippen LogP contribution is 2.30. The number of carbonyl (C=O) groups excluding carboxylic acids is 1. The Morgan fingerprint density at radius 1 is 1.00 bits per heavy atom. The van der Waals surface area contributed by atoms with Crippen LogP contribution in [0.1, 0.15) is 10.4 Å². The number of hydrogen-bond acceptors (Lipinski definition) is 5. The first-order valence-electron chi connectivity index (χ1n) is 9.01. The number of alkyl halides is 2. The Labute approximate surface area is 175 Å². The molecule has 0 N–H and O–H groups in total. The molecule has 0 saturated carbocycles. The van der Waals surface area contributed by atoms with E-state index >= 15 is 0 Å². The molecule has 0 unspecified atom stereocenters. The number of rotatable bonds is 6. The van der Waals surface area contributed by atoms with E-state index in [1.54, 1.807) is 0 Å². The number of methoxy groups -OCH3 is 1. The Balaban J connectivity index is 1.73. The maximum atomic E-state index is 13.9. The predicted octanol–water partition coefficient (Wildman–Crippen LogP) is 2.72. The molecule has 2 aromatic rings. The van der Waals surface area contributed by atoms with Gasteiger partial charge in [0.05, 0.1) is 7.11 Å². The van der Waals surface area contributed by atoms with Crippen molar-refractivity contribution in [2.24, 2.45) is 0 Å². The molecule has 1 fully saturated rings. The van der Waals surface area contributed by atoms with Gasteiger partial charge < -0.3 is 14.4 Å². The molecular formula is C19H18F4N2O5S. The molecule has 1 heterocycles. The minimum Gasteiger partial charge on any atom is -0.493 e. The predicted molar refractivity (Wildman–Crippen MR) is 101 cm³/mol. The van der Waals surface area contributed by atoms with Crippen LogP contribution in [0.25, 0.3) is 0 Å². The fourth-order valence-corrected chi connectivity index (χ4v) is 4.62. The van der Waals surface area contributed by atoms with Gasteiger partial charge in [0.25, 0.3) is 5.91 Å². The monoisotopic (exact) mass is 462 g/mol. The summed E-state index contributed by atoms with van der Waals surface area (Å²) in [6.45, 7) is -3.49. The molecule has 12 heteroatoms. The van der Waals surface area contributed by atoms with Gasteiger partial charge in [-0.2, -0.15) is 13.1 Å². The van der Waals surface area contributed by atoms with Gasteiger partial charge in [-0.1, -0.05) is 0 Å². The third kappa shape index (κ3) is 4.90. The number of amides is 1. The lowest BCUT2D eigenvalue weighted by Crippen LogP contribution is -2.50. The van der Waals surface area contributed by atoms with Crippen LogP contribution in [0.3, 0.4) is 0 Å². The molecule has 1 amide bonds. The van der Waals surface area contributed by atoms with Crippen molar-refractivity contribution in [2.45, 2.75) is 11.5 Å². The maximum Gasteiger partial charge on any atom is 0.387 e. The molecule has 0 spiro atoms. The van der Waals surface area contributed by atoms with E-state index in [4.69, 9.17) is 4.74 Å². The highest BCUT2D eigenvalue weighted by Gasteiger charge is 2.32. The molecule has 0 atom stereocenters. The van der Waals surface area contributed by atoms with Gasteiger partial charge in [-0.25, -0.2) is 17.2 Å². The van der Waals surface area contributed by atoms with E-state index in [1.807, 2.05) is 0 Å². The average Bonchev–Trinajstić information content (AvgIpc) is 2.74. The van der Waals surface area contributed by atoms with E-state index < -0.39 is 39.1 Å². The number of piperazine rings is 1. The smallest absolute Gasteiger partial charge is 0.387 e. The standard InChI is InChI=1S/C19H18F4N2O5S/c1-29-15-5-2-12(10-16(15)30-19(22)23)18(26)24-6-8-25(9-7-24)31(27,28)17-11-13(20)3-4-14(17)21/h2-5,10-11,19H,6-9H2,1H3. The van der Waals surface area contributed by atoms with Crippen LogP contribution >= 0.6 is 0 Å². The number of benzene rings is 2. The Morgan fingerprint density at radius 2 is 1.68 bits per heavy atom. The quantitative estimate of drug-likeness (QED) is 0.618. The van der Waals surface area contributed by atoms with Gasteiger partial charge in [0, 0.05) is 31.7 Å². The summed E-state index contributed by atoms with van der Waals surface area (Å²) in [5.74, 6) is -2.80. The number of halogens is 4. The van der Waals surface area contributed by atoms with Crippen molar-refractivity contribution < 1.29 is 40.2 Å². The molecule has 1 aliphatic heterocycles. The molecule has 0 bridgehead atoms. The van der Waals surface area contributed by atoms with Crippen molar-refractivity contribution in [1.29, 1.82) is 0 Å². The van der Waals surface area contributed by atoms with Crippen molar-refractivity contribution in [2.75, 3.05) is 33.3 Å². The molecule has 1 aliphatic rings. The van der Waals surface area contributed by atoms with Crippen LogP contribution in [0.2, 0.25) is 0 Å². The Morgan fingerprint density at radius 3 is 2.29 bits per heavy atom. The highest BCUT2D eigenvalue weighted by atomic mass is 32.2. The van der Waals surface area contributed by atoms with Crippen LogP contribution in [0, 0.1) is 11.6 Å². The first kappa shape index (κ1) is 22.8. The summed E-state index contributed by atoms with van der Waals surface area (Å²) < 4.78 is 88.0. The zero-order valence-electron chi connectivity index (χ0n) is 16.2. The zero-order chi connectivity index (χ0) is 22.8. The summed E-state index contributed by atoms with van der Waals surface area (Å²) >= 11 is 0. The maximum absolute atomic E-state index is 13.9. The van der Waals surface area contributed by atoms with Crippen LogP contribution in [0.15, 0.2) is 41.3 Å². The molecule has 2 aromatic carbocycles. The second-order valence-corrected chi connectivity index (χ2v) is 8.42. The zero-order valence-corrected chi connectivity index (χ0v) is 17.0. The van der Waals surface area contributed by atoms with Crippen LogP contribution in [0.4, 0.5) is 17.6 Å². The Kier molecular flexibility index (Phi) is 6.70. The third-order valence-electron chi connectivity index (χ3n) is 4.66. The number of sulfonamides is 1. The minimum absolute atomic E-state index is 0.0184. The molecule has 7 nitrogen and oxygen atoms in total. The fraction of sp³-hybridized carbons (Fsp3) is 0.316. The summed E-state index contributed by atoms with van der Waals surface area (Å²) in [6.07, 6.45) is 0. The molecule has 3 rings (SSSR count). The lowest BCUT2D eigenvalue weighted by Gasteiger charge is -2.34. The first-order valence-corrected chi connectivity index (χ1v) is 10.4. The fourth-order valence-electron chi connectivity index (χ4n) is 3.13. The summed E-state index contributed by atoms with van der Waals surface area (Å²) in [6, 6.07) is 5.92. The number of carbonyl (C=O) groups is 1. The number of nitrogens with zero attached hydrogens (tertiary/aromatic N) is 2. The minimum atomic E-state index is -4.30. The summed E-state index contributed by atoms with van der Waals surface area (Å²) in [5, 5.41) is 0. The lowest BCUT2D eigenvalue weighted by molar-refractivity contribution is -0.0512. The van der Waals surface area contributed by atoms with Gasteiger partial charge in [-0.15, -0.1) is 0 Å². The van der Waals surface area contributed by atoms with Gasteiger partial charge in [0.1, 0.15) is 16.5 Å². The molecule has 168 valence electrons. The van der Waals surface area contributed by atoms with Crippen molar-refractivity contribution in [3.05, 3.63) is 53.6 Å². The molecule has 31 heavy (non-hydrogen) atoms. The van der Waals surface area contributed by atoms with Crippen LogP contribution in [-0.2, 0) is 10.0 Å². The number of ether oxygens (including phenoxy) is 2. The SMILES string of the molecule is COc1ccc(C(=O)N2CCN(S(=O)(=O)c3cc(F)ccc3F)CC2)cc1OC(F)F. The molecule has 0 aliphatic carbocycles. The van der Waals surface area contributed by atoms with Gasteiger partial charge >= 0.3 is 6.61 Å². The number of hydrogen-bond donors (Lipinski definition) is 0. The van der Waals surface area contributed by atoms with Crippen LogP contribution < -0.4 is 9.47 Å². The van der Waals surface area contributed by atoms with Crippen molar-refractivity contribution in [3.8, 4) is 11.5 Å². The van der Waals surface area contributed by atoms with E-state index in [0.29, 0.717) is 6.07 Å². The summed E-state index contributed by atoms with van der Waals surface area (Å²) in [7, 11) is -3.04. The van der Waals surface area contributed by atoms with Crippen molar-refractivity contribution >= 4 is 15.9 Å². The first-order chi connectivity index (χ1) is 14.6. The third-order valence-corrected chi connectivity index (χ3v) is 6.58. The second-order valence-electron chi connectivity index (χ2n) is 6.52. The lowest BCUT2D eigenvalue weighted by atomic mass is 10.1. The van der Waals surface area contributed by atoms with Gasteiger partial charge in [-0.3, -0.25) is 4.79 Å². The Bertz CT molecular complexity index is 1070. The molecule has 0 aromatic heterocycles. The molecular weight excluding hydrogens is 444 g/mol. The van der Waals surface area contributed by atoms with E-state index in [0.717, 1.165) is 22.5 Å².